The highest BCUT2D eigenvalue weighted by molar-refractivity contribution is 5.77. The molecule has 0 amide bonds. The van der Waals surface area contributed by atoms with Crippen LogP contribution in [0.5, 0.6) is 5.75 Å². The number of aryl methyl sites for hydroxylation is 2. The van der Waals surface area contributed by atoms with E-state index in [4.69, 9.17) is 4.74 Å². The van der Waals surface area contributed by atoms with Crippen molar-refractivity contribution in [1.82, 2.24) is 0 Å². The second kappa shape index (κ2) is 6.09. The number of ether oxygens (including phenoxy) is 1. The monoisotopic (exact) mass is 264 g/mol. The maximum atomic E-state index is 11.5. The lowest BCUT2D eigenvalue weighted by Crippen LogP contribution is -2.41. The van der Waals surface area contributed by atoms with E-state index in [-0.39, 0.29) is 0 Å². The summed E-state index contributed by atoms with van der Waals surface area (Å²) in [7, 11) is 0. The molecule has 1 aromatic carbocycles. The van der Waals surface area contributed by atoms with Crippen LogP contribution in [0.3, 0.4) is 0 Å². The predicted molar refractivity (Wildman–Crippen MR) is 76.7 cm³/mol. The molecule has 1 aromatic rings. The Morgan fingerprint density at radius 3 is 2.42 bits per heavy atom. The van der Waals surface area contributed by atoms with E-state index in [9.17, 15) is 9.90 Å². The number of rotatable bonds is 6. The Morgan fingerprint density at radius 2 is 1.95 bits per heavy atom. The fourth-order valence-corrected chi connectivity index (χ4v) is 1.80. The molecule has 19 heavy (non-hydrogen) atoms. The molecule has 1 rings (SSSR count). The molecule has 1 unspecified atom stereocenters. The highest BCUT2D eigenvalue weighted by Crippen LogP contribution is 2.26. The van der Waals surface area contributed by atoms with Crippen LogP contribution in [0.2, 0.25) is 0 Å². The van der Waals surface area contributed by atoms with E-state index in [0.717, 1.165) is 12.0 Å². The van der Waals surface area contributed by atoms with Crippen LogP contribution in [-0.2, 0) is 4.79 Å². The van der Waals surface area contributed by atoms with Crippen molar-refractivity contribution in [1.29, 1.82) is 0 Å². The zero-order valence-electron chi connectivity index (χ0n) is 12.5. The van der Waals surface area contributed by atoms with E-state index in [1.54, 1.807) is 6.92 Å². The van der Waals surface area contributed by atoms with E-state index in [1.807, 2.05) is 32.0 Å². The van der Waals surface area contributed by atoms with Gasteiger partial charge in [0.1, 0.15) is 5.75 Å². The largest absolute Gasteiger partial charge is 0.478 e. The van der Waals surface area contributed by atoms with Gasteiger partial charge in [0, 0.05) is 0 Å². The zero-order chi connectivity index (χ0) is 14.6. The number of carboxylic acid groups (broad SMARTS) is 1. The van der Waals surface area contributed by atoms with Crippen LogP contribution in [0, 0.1) is 19.8 Å². The van der Waals surface area contributed by atoms with Gasteiger partial charge >= 0.3 is 5.97 Å². The highest BCUT2D eigenvalue weighted by atomic mass is 16.5. The van der Waals surface area contributed by atoms with Gasteiger partial charge in [0.05, 0.1) is 0 Å². The van der Waals surface area contributed by atoms with E-state index >= 15 is 0 Å². The Kier molecular flexibility index (Phi) is 4.98. The Balaban J connectivity index is 2.88. The van der Waals surface area contributed by atoms with Gasteiger partial charge in [-0.2, -0.15) is 0 Å². The first-order valence-electron chi connectivity index (χ1n) is 6.74. The molecule has 0 spiro atoms. The molecule has 0 saturated heterocycles. The molecule has 0 heterocycles. The lowest BCUT2D eigenvalue weighted by atomic mass is 9.95. The minimum absolute atomic E-state index is 0.460. The van der Waals surface area contributed by atoms with Crippen molar-refractivity contribution in [3.8, 4) is 5.75 Å². The molecule has 0 aliphatic heterocycles. The van der Waals surface area contributed by atoms with Crippen molar-refractivity contribution >= 4 is 5.97 Å². The molecule has 0 fully saturated rings. The fourth-order valence-electron chi connectivity index (χ4n) is 1.80. The molecule has 3 nitrogen and oxygen atoms in total. The van der Waals surface area contributed by atoms with Crippen LogP contribution in [0.1, 0.15) is 44.7 Å². The van der Waals surface area contributed by atoms with Gasteiger partial charge < -0.3 is 9.84 Å². The van der Waals surface area contributed by atoms with E-state index < -0.39 is 11.6 Å². The number of carbonyl (C=O) groups is 1. The molecular formula is C16H24O3. The molecule has 0 aromatic heterocycles. The predicted octanol–water partition coefficient (Wildman–Crippen LogP) is 3.96. The molecule has 3 heteroatoms. The third-order valence-corrected chi connectivity index (χ3v) is 3.47. The van der Waals surface area contributed by atoms with E-state index in [2.05, 4.69) is 13.8 Å². The van der Waals surface area contributed by atoms with E-state index in [0.29, 0.717) is 18.1 Å². The maximum absolute atomic E-state index is 11.5. The molecule has 0 aliphatic carbocycles. The molecule has 0 bridgehead atoms. The summed E-state index contributed by atoms with van der Waals surface area (Å²) in [5.41, 5.74) is 1.12. The van der Waals surface area contributed by atoms with Gasteiger partial charge in [0.25, 0.3) is 0 Å². The average Bonchev–Trinajstić information content (AvgIpc) is 2.31. The third kappa shape index (κ3) is 4.27. The van der Waals surface area contributed by atoms with Crippen LogP contribution < -0.4 is 4.74 Å². The average molecular weight is 264 g/mol. The topological polar surface area (TPSA) is 46.5 Å². The SMILES string of the molecule is Cc1ccc(OC(C)(CCC(C)C)C(=O)O)cc1C. The van der Waals surface area contributed by atoms with Crippen molar-refractivity contribution in [2.24, 2.45) is 5.92 Å². The van der Waals surface area contributed by atoms with Crippen molar-refractivity contribution in [3.05, 3.63) is 29.3 Å². The lowest BCUT2D eigenvalue weighted by Gasteiger charge is -2.27. The summed E-state index contributed by atoms with van der Waals surface area (Å²) < 4.78 is 5.75. The quantitative estimate of drug-likeness (QED) is 0.846. The summed E-state index contributed by atoms with van der Waals surface area (Å²) in [6.45, 7) is 9.83. The van der Waals surface area contributed by atoms with Crippen LogP contribution in [-0.4, -0.2) is 16.7 Å². The van der Waals surface area contributed by atoms with Crippen molar-refractivity contribution in [2.75, 3.05) is 0 Å². The molecule has 0 radical (unpaired) electrons. The number of benzene rings is 1. The first-order chi connectivity index (χ1) is 8.74. The molecule has 106 valence electrons. The fraction of sp³-hybridized carbons (Fsp3) is 0.562. The summed E-state index contributed by atoms with van der Waals surface area (Å²) in [6, 6.07) is 5.68. The molecule has 1 atom stereocenters. The van der Waals surface area contributed by atoms with Gasteiger partial charge in [-0.3, -0.25) is 0 Å². The summed E-state index contributed by atoms with van der Waals surface area (Å²) in [5.74, 6) is 0.171. The Labute approximate surface area is 115 Å². The van der Waals surface area contributed by atoms with Crippen LogP contribution >= 0.6 is 0 Å². The molecule has 0 aliphatic rings. The number of hydrogen-bond acceptors (Lipinski definition) is 2. The van der Waals surface area contributed by atoms with Gasteiger partial charge in [-0.1, -0.05) is 19.9 Å². The van der Waals surface area contributed by atoms with E-state index in [1.165, 1.54) is 5.56 Å². The van der Waals surface area contributed by atoms with Gasteiger partial charge in [-0.05, 0) is 62.8 Å². The standard InChI is InChI=1S/C16H24O3/c1-11(2)8-9-16(5,15(17)18)19-14-7-6-12(3)13(4)10-14/h6-7,10-11H,8-9H2,1-5H3,(H,17,18). The Bertz CT molecular complexity index is 451. The number of aliphatic carboxylic acids is 1. The molecular weight excluding hydrogens is 240 g/mol. The Hall–Kier alpha value is -1.51. The van der Waals surface area contributed by atoms with Gasteiger partial charge in [-0.25, -0.2) is 4.79 Å². The van der Waals surface area contributed by atoms with Crippen LogP contribution in [0.15, 0.2) is 18.2 Å². The Morgan fingerprint density at radius 1 is 1.32 bits per heavy atom. The summed E-state index contributed by atoms with van der Waals surface area (Å²) in [4.78, 5) is 11.5. The summed E-state index contributed by atoms with van der Waals surface area (Å²) >= 11 is 0. The maximum Gasteiger partial charge on any atom is 0.347 e. The summed E-state index contributed by atoms with van der Waals surface area (Å²) in [5, 5.41) is 9.41. The minimum Gasteiger partial charge on any atom is -0.478 e. The van der Waals surface area contributed by atoms with Crippen molar-refractivity contribution in [3.63, 3.8) is 0 Å². The highest BCUT2D eigenvalue weighted by Gasteiger charge is 2.35. The third-order valence-electron chi connectivity index (χ3n) is 3.47. The second-order valence-corrected chi connectivity index (χ2v) is 5.82. The molecule has 0 saturated carbocycles. The van der Waals surface area contributed by atoms with Crippen LogP contribution in [0.4, 0.5) is 0 Å². The van der Waals surface area contributed by atoms with Crippen molar-refractivity contribution < 1.29 is 14.6 Å². The first kappa shape index (κ1) is 15.5. The first-order valence-corrected chi connectivity index (χ1v) is 6.74. The number of carboxylic acids is 1. The van der Waals surface area contributed by atoms with Crippen molar-refractivity contribution in [2.45, 2.75) is 53.1 Å². The smallest absolute Gasteiger partial charge is 0.347 e. The lowest BCUT2D eigenvalue weighted by molar-refractivity contribution is -0.154. The normalized spacial score (nSPS) is 14.2. The van der Waals surface area contributed by atoms with Crippen LogP contribution in [0.25, 0.3) is 0 Å². The summed E-state index contributed by atoms with van der Waals surface area (Å²) in [6.07, 6.45) is 1.33. The zero-order valence-corrected chi connectivity index (χ0v) is 12.5. The minimum atomic E-state index is -1.16. The number of hydrogen-bond donors (Lipinski definition) is 1. The molecule has 1 N–H and O–H groups in total. The van der Waals surface area contributed by atoms with Gasteiger partial charge in [-0.15, -0.1) is 0 Å². The second-order valence-electron chi connectivity index (χ2n) is 5.82. The van der Waals surface area contributed by atoms with Gasteiger partial charge in [0.2, 0.25) is 5.60 Å². The van der Waals surface area contributed by atoms with Gasteiger partial charge in [0.15, 0.2) is 0 Å².